The molecule has 0 saturated carbocycles. The molecule has 136 valence electrons. The molecule has 0 aliphatic carbocycles. The van der Waals surface area contributed by atoms with Gasteiger partial charge in [-0.05, 0) is 37.1 Å². The zero-order valence-corrected chi connectivity index (χ0v) is 15.1. The summed E-state index contributed by atoms with van der Waals surface area (Å²) in [5, 5.41) is 2.74. The van der Waals surface area contributed by atoms with Gasteiger partial charge in [0.25, 0.3) is 0 Å². The number of fused-ring (bicyclic) bond motifs is 1. The fourth-order valence-electron chi connectivity index (χ4n) is 3.29. The zero-order chi connectivity index (χ0) is 18.7. The largest absolute Gasteiger partial charge is 0.493 e. The highest BCUT2D eigenvalue weighted by molar-refractivity contribution is 6.10. The first kappa shape index (κ1) is 17.8. The Balaban J connectivity index is 1.68. The Hall–Kier alpha value is -3.02. The van der Waals surface area contributed by atoms with Crippen LogP contribution in [0.2, 0.25) is 0 Å². The van der Waals surface area contributed by atoms with Gasteiger partial charge < -0.3 is 19.7 Å². The second kappa shape index (κ2) is 7.47. The van der Waals surface area contributed by atoms with Crippen LogP contribution in [0.5, 0.6) is 11.5 Å². The number of hydrogen-bond donors (Lipinski definition) is 1. The molecule has 6 nitrogen and oxygen atoms in total. The summed E-state index contributed by atoms with van der Waals surface area (Å²) in [6, 6.07) is 12.9. The predicted octanol–water partition coefficient (Wildman–Crippen LogP) is 3.01. The number of methoxy groups -OCH3 is 2. The third-order valence-electron chi connectivity index (χ3n) is 4.46. The Labute approximate surface area is 152 Å². The van der Waals surface area contributed by atoms with Gasteiger partial charge >= 0.3 is 0 Å². The van der Waals surface area contributed by atoms with Crippen LogP contribution in [-0.2, 0) is 16.0 Å². The summed E-state index contributed by atoms with van der Waals surface area (Å²) in [7, 11) is 3.07. The molecule has 0 saturated heterocycles. The summed E-state index contributed by atoms with van der Waals surface area (Å²) >= 11 is 0. The lowest BCUT2D eigenvalue weighted by atomic mass is 10.1. The van der Waals surface area contributed by atoms with Crippen LogP contribution in [0.4, 0.5) is 11.4 Å². The highest BCUT2D eigenvalue weighted by Crippen LogP contribution is 2.32. The number of ether oxygens (including phenoxy) is 2. The van der Waals surface area contributed by atoms with E-state index < -0.39 is 0 Å². The molecule has 2 amide bonds. The average Bonchev–Trinajstić information content (AvgIpc) is 2.97. The molecule has 0 radical (unpaired) electrons. The van der Waals surface area contributed by atoms with Crippen molar-refractivity contribution in [3.63, 3.8) is 0 Å². The maximum Gasteiger partial charge on any atom is 0.236 e. The summed E-state index contributed by atoms with van der Waals surface area (Å²) in [4.78, 5) is 26.7. The highest BCUT2D eigenvalue weighted by Gasteiger charge is 2.31. The van der Waals surface area contributed by atoms with Gasteiger partial charge in [0.2, 0.25) is 11.8 Å². The molecule has 0 aromatic heterocycles. The van der Waals surface area contributed by atoms with Gasteiger partial charge in [0, 0.05) is 23.5 Å². The Morgan fingerprint density at radius 2 is 1.85 bits per heavy atom. The normalized spacial score (nSPS) is 15.3. The van der Waals surface area contributed by atoms with Crippen molar-refractivity contribution in [2.45, 2.75) is 25.8 Å². The molecule has 26 heavy (non-hydrogen) atoms. The van der Waals surface area contributed by atoms with E-state index in [0.29, 0.717) is 17.2 Å². The molecule has 2 aromatic rings. The molecule has 0 bridgehead atoms. The number of carbonyl (C=O) groups is 2. The van der Waals surface area contributed by atoms with Crippen LogP contribution < -0.4 is 19.7 Å². The Morgan fingerprint density at radius 3 is 2.58 bits per heavy atom. The fourth-order valence-corrected chi connectivity index (χ4v) is 3.29. The molecule has 1 heterocycles. The first-order valence-electron chi connectivity index (χ1n) is 8.45. The van der Waals surface area contributed by atoms with E-state index >= 15 is 0 Å². The summed E-state index contributed by atoms with van der Waals surface area (Å²) < 4.78 is 10.4. The van der Waals surface area contributed by atoms with E-state index in [-0.39, 0.29) is 24.3 Å². The van der Waals surface area contributed by atoms with Crippen molar-refractivity contribution in [1.29, 1.82) is 0 Å². The number of benzene rings is 2. The van der Waals surface area contributed by atoms with E-state index in [9.17, 15) is 9.59 Å². The Bertz CT molecular complexity index is 834. The lowest BCUT2D eigenvalue weighted by Gasteiger charge is -2.22. The van der Waals surface area contributed by atoms with Gasteiger partial charge in [-0.15, -0.1) is 0 Å². The highest BCUT2D eigenvalue weighted by atomic mass is 16.5. The maximum atomic E-state index is 12.7. The van der Waals surface area contributed by atoms with Crippen molar-refractivity contribution in [3.8, 4) is 11.5 Å². The third-order valence-corrected chi connectivity index (χ3v) is 4.46. The minimum Gasteiger partial charge on any atom is -0.493 e. The van der Waals surface area contributed by atoms with Gasteiger partial charge in [0.1, 0.15) is 6.42 Å². The molecule has 1 aliphatic rings. The minimum absolute atomic E-state index is 0.0498. The lowest BCUT2D eigenvalue weighted by molar-refractivity contribution is -0.125. The van der Waals surface area contributed by atoms with E-state index in [1.807, 2.05) is 31.2 Å². The SMILES string of the molecule is COc1ccc(NC(=O)CC(=O)N2c3ccccc3CC2C)cc1OC. The molecular formula is C20H22N2O4. The van der Waals surface area contributed by atoms with Crippen molar-refractivity contribution < 1.29 is 19.1 Å². The van der Waals surface area contributed by atoms with Crippen LogP contribution in [0.15, 0.2) is 42.5 Å². The monoisotopic (exact) mass is 354 g/mol. The summed E-state index contributed by atoms with van der Waals surface area (Å²) in [5.74, 6) is 0.516. The van der Waals surface area contributed by atoms with Gasteiger partial charge in [0.05, 0.1) is 14.2 Å². The van der Waals surface area contributed by atoms with Crippen LogP contribution in [0.3, 0.4) is 0 Å². The summed E-state index contributed by atoms with van der Waals surface area (Å²) in [6.07, 6.45) is 0.590. The molecule has 1 N–H and O–H groups in total. The Kier molecular flexibility index (Phi) is 5.11. The second-order valence-electron chi connectivity index (χ2n) is 6.24. The first-order chi connectivity index (χ1) is 12.5. The predicted molar refractivity (Wildman–Crippen MR) is 99.9 cm³/mol. The van der Waals surface area contributed by atoms with E-state index in [4.69, 9.17) is 9.47 Å². The van der Waals surface area contributed by atoms with Crippen molar-refractivity contribution >= 4 is 23.2 Å². The van der Waals surface area contributed by atoms with Crippen molar-refractivity contribution in [3.05, 3.63) is 48.0 Å². The van der Waals surface area contributed by atoms with Crippen molar-refractivity contribution in [2.24, 2.45) is 0 Å². The molecule has 1 unspecified atom stereocenters. The number of carbonyl (C=O) groups excluding carboxylic acids is 2. The van der Waals surface area contributed by atoms with Crippen molar-refractivity contribution in [2.75, 3.05) is 24.4 Å². The number of anilines is 2. The molecule has 1 aliphatic heterocycles. The second-order valence-corrected chi connectivity index (χ2v) is 6.24. The van der Waals surface area contributed by atoms with E-state index in [2.05, 4.69) is 5.32 Å². The van der Waals surface area contributed by atoms with Gasteiger partial charge in [-0.1, -0.05) is 18.2 Å². The standard InChI is InChI=1S/C20H22N2O4/c1-13-10-14-6-4-5-7-16(14)22(13)20(24)12-19(23)21-15-8-9-17(25-2)18(11-15)26-3/h4-9,11,13H,10,12H2,1-3H3,(H,21,23). The van der Waals surface area contributed by atoms with E-state index in [0.717, 1.165) is 17.7 Å². The quantitative estimate of drug-likeness (QED) is 0.838. The lowest BCUT2D eigenvalue weighted by Crippen LogP contribution is -2.37. The third kappa shape index (κ3) is 3.49. The average molecular weight is 354 g/mol. The summed E-state index contributed by atoms with van der Waals surface area (Å²) in [5.41, 5.74) is 2.58. The first-order valence-corrected chi connectivity index (χ1v) is 8.45. The van der Waals surface area contributed by atoms with Gasteiger partial charge in [0.15, 0.2) is 11.5 Å². The van der Waals surface area contributed by atoms with Crippen LogP contribution in [0, 0.1) is 0 Å². The summed E-state index contributed by atoms with van der Waals surface area (Å²) in [6.45, 7) is 1.99. The fraction of sp³-hybridized carbons (Fsp3) is 0.300. The number of hydrogen-bond acceptors (Lipinski definition) is 4. The molecule has 6 heteroatoms. The minimum atomic E-state index is -0.362. The molecule has 2 aromatic carbocycles. The molecule has 1 atom stereocenters. The smallest absolute Gasteiger partial charge is 0.236 e. The molecule has 3 rings (SSSR count). The molecular weight excluding hydrogens is 332 g/mol. The number of amides is 2. The maximum absolute atomic E-state index is 12.7. The van der Waals surface area contributed by atoms with Crippen LogP contribution in [0.1, 0.15) is 18.9 Å². The number of nitrogens with zero attached hydrogens (tertiary/aromatic N) is 1. The van der Waals surface area contributed by atoms with Crippen molar-refractivity contribution in [1.82, 2.24) is 0 Å². The van der Waals surface area contributed by atoms with Crippen LogP contribution in [-0.4, -0.2) is 32.1 Å². The number of rotatable bonds is 5. The number of para-hydroxylation sites is 1. The number of nitrogens with one attached hydrogen (secondary N) is 1. The molecule has 0 fully saturated rings. The van der Waals surface area contributed by atoms with E-state index in [1.54, 1.807) is 30.2 Å². The van der Waals surface area contributed by atoms with Gasteiger partial charge in [-0.2, -0.15) is 0 Å². The van der Waals surface area contributed by atoms with Gasteiger partial charge in [-0.25, -0.2) is 0 Å². The van der Waals surface area contributed by atoms with Crippen LogP contribution in [0.25, 0.3) is 0 Å². The van der Waals surface area contributed by atoms with Gasteiger partial charge in [-0.3, -0.25) is 9.59 Å². The Morgan fingerprint density at radius 1 is 1.12 bits per heavy atom. The topological polar surface area (TPSA) is 67.9 Å². The zero-order valence-electron chi connectivity index (χ0n) is 15.1. The molecule has 0 spiro atoms. The van der Waals surface area contributed by atoms with Crippen LogP contribution >= 0.6 is 0 Å². The van der Waals surface area contributed by atoms with E-state index in [1.165, 1.54) is 7.11 Å².